The van der Waals surface area contributed by atoms with Crippen LogP contribution in [0, 0.1) is 0 Å². The van der Waals surface area contributed by atoms with Gasteiger partial charge in [0.05, 0.1) is 30.5 Å². The van der Waals surface area contributed by atoms with Gasteiger partial charge in [-0.3, -0.25) is 9.59 Å². The highest BCUT2D eigenvalue weighted by atomic mass is 16.2. The highest BCUT2D eigenvalue weighted by molar-refractivity contribution is 5.93. The number of hydrogen-bond donors (Lipinski definition) is 1. The molecular weight excluding hydrogens is 366 g/mol. The second-order valence-corrected chi connectivity index (χ2v) is 7.46. The number of hydrogen-bond acceptors (Lipinski definition) is 4. The van der Waals surface area contributed by atoms with Crippen LogP contribution in [0.1, 0.15) is 50.4 Å². The van der Waals surface area contributed by atoms with Gasteiger partial charge in [0.2, 0.25) is 11.8 Å². The van der Waals surface area contributed by atoms with E-state index in [1.165, 1.54) is 6.92 Å². The first-order chi connectivity index (χ1) is 13.9. The van der Waals surface area contributed by atoms with E-state index in [1.54, 1.807) is 23.5 Å². The summed E-state index contributed by atoms with van der Waals surface area (Å²) in [7, 11) is 0. The fourth-order valence-corrected chi connectivity index (χ4v) is 3.69. The van der Waals surface area contributed by atoms with Gasteiger partial charge in [-0.15, -0.1) is 0 Å². The summed E-state index contributed by atoms with van der Waals surface area (Å²) in [6.45, 7) is 5.59. The van der Waals surface area contributed by atoms with Crippen LogP contribution in [0.25, 0.3) is 17.1 Å². The van der Waals surface area contributed by atoms with E-state index in [0.717, 1.165) is 22.2 Å². The third-order valence-corrected chi connectivity index (χ3v) is 5.05. The van der Waals surface area contributed by atoms with E-state index >= 15 is 0 Å². The average Bonchev–Trinajstić information content (AvgIpc) is 3.11. The lowest BCUT2D eigenvalue weighted by Crippen LogP contribution is -2.33. The van der Waals surface area contributed by atoms with Gasteiger partial charge in [-0.25, -0.2) is 9.67 Å². The quantitative estimate of drug-likeness (QED) is 0.733. The van der Waals surface area contributed by atoms with Gasteiger partial charge in [-0.2, -0.15) is 5.10 Å². The molecule has 2 aromatic heterocycles. The van der Waals surface area contributed by atoms with Crippen molar-refractivity contribution in [2.45, 2.75) is 39.3 Å². The molecule has 148 valence electrons. The molecule has 1 aliphatic rings. The minimum atomic E-state index is -0.339. The van der Waals surface area contributed by atoms with Gasteiger partial charge in [0.1, 0.15) is 0 Å². The van der Waals surface area contributed by atoms with Crippen LogP contribution in [0.5, 0.6) is 0 Å². The SMILES string of the molecule is CC(=O)N1C=Cc2ccccc2[C@@H]1CC(=O)Nc1cnc2c(cnn2C(C)C)c1. The topological polar surface area (TPSA) is 80.1 Å². The highest BCUT2D eigenvalue weighted by Crippen LogP contribution is 2.33. The maximum absolute atomic E-state index is 12.8. The van der Waals surface area contributed by atoms with Crippen LogP contribution < -0.4 is 5.32 Å². The van der Waals surface area contributed by atoms with Crippen molar-refractivity contribution in [3.63, 3.8) is 0 Å². The molecule has 0 aliphatic carbocycles. The summed E-state index contributed by atoms with van der Waals surface area (Å²) in [5.74, 6) is -0.276. The summed E-state index contributed by atoms with van der Waals surface area (Å²) in [5.41, 5.74) is 3.38. The molecule has 0 spiro atoms. The first kappa shape index (κ1) is 18.9. The van der Waals surface area contributed by atoms with Crippen molar-refractivity contribution in [3.05, 3.63) is 60.1 Å². The van der Waals surface area contributed by atoms with Crippen molar-refractivity contribution >= 4 is 34.6 Å². The molecule has 4 rings (SSSR count). The number of nitrogens with zero attached hydrogens (tertiary/aromatic N) is 4. The molecule has 1 N–H and O–H groups in total. The Kier molecular flexibility index (Phi) is 4.88. The maximum atomic E-state index is 12.8. The molecule has 0 saturated carbocycles. The number of carbonyl (C=O) groups excluding carboxylic acids is 2. The van der Waals surface area contributed by atoms with Gasteiger partial charge in [-0.05, 0) is 37.1 Å². The number of amides is 2. The Bertz CT molecular complexity index is 1120. The first-order valence-corrected chi connectivity index (χ1v) is 9.63. The van der Waals surface area contributed by atoms with E-state index in [4.69, 9.17) is 0 Å². The molecule has 0 bridgehead atoms. The van der Waals surface area contributed by atoms with Gasteiger partial charge in [0.15, 0.2) is 5.65 Å². The largest absolute Gasteiger partial charge is 0.325 e. The molecule has 2 amide bonds. The van der Waals surface area contributed by atoms with Crippen molar-refractivity contribution in [1.82, 2.24) is 19.7 Å². The number of rotatable bonds is 4. The molecule has 0 unspecified atom stereocenters. The Morgan fingerprint density at radius 3 is 2.76 bits per heavy atom. The van der Waals surface area contributed by atoms with Crippen molar-refractivity contribution in [3.8, 4) is 0 Å². The number of fused-ring (bicyclic) bond motifs is 2. The Balaban J connectivity index is 1.55. The van der Waals surface area contributed by atoms with Crippen LogP contribution in [0.2, 0.25) is 0 Å². The predicted molar refractivity (Wildman–Crippen MR) is 112 cm³/mol. The Hall–Kier alpha value is -3.48. The Morgan fingerprint density at radius 1 is 1.21 bits per heavy atom. The summed E-state index contributed by atoms with van der Waals surface area (Å²) >= 11 is 0. The Morgan fingerprint density at radius 2 is 2.00 bits per heavy atom. The molecule has 1 aliphatic heterocycles. The average molecular weight is 389 g/mol. The third-order valence-electron chi connectivity index (χ3n) is 5.05. The molecule has 1 atom stereocenters. The molecule has 0 radical (unpaired) electrons. The minimum Gasteiger partial charge on any atom is -0.325 e. The molecular formula is C22H23N5O2. The van der Waals surface area contributed by atoms with Crippen molar-refractivity contribution < 1.29 is 9.59 Å². The summed E-state index contributed by atoms with van der Waals surface area (Å²) < 4.78 is 1.84. The molecule has 3 heterocycles. The number of nitrogens with one attached hydrogen (secondary N) is 1. The van der Waals surface area contributed by atoms with Crippen molar-refractivity contribution in [2.75, 3.05) is 5.32 Å². The number of carbonyl (C=O) groups is 2. The summed E-state index contributed by atoms with van der Waals surface area (Å²) in [6.07, 6.45) is 7.19. The third kappa shape index (κ3) is 3.63. The second kappa shape index (κ2) is 7.50. The van der Waals surface area contributed by atoms with Gasteiger partial charge < -0.3 is 10.2 Å². The van der Waals surface area contributed by atoms with Crippen LogP contribution in [0.4, 0.5) is 5.69 Å². The van der Waals surface area contributed by atoms with Crippen LogP contribution >= 0.6 is 0 Å². The van der Waals surface area contributed by atoms with E-state index in [9.17, 15) is 9.59 Å². The fourth-order valence-electron chi connectivity index (χ4n) is 3.69. The summed E-state index contributed by atoms with van der Waals surface area (Å²) in [4.78, 5) is 30.9. The van der Waals surface area contributed by atoms with E-state index < -0.39 is 0 Å². The normalized spacial score (nSPS) is 15.6. The molecule has 29 heavy (non-hydrogen) atoms. The highest BCUT2D eigenvalue weighted by Gasteiger charge is 2.28. The fraction of sp³-hybridized carbons (Fsp3) is 0.273. The second-order valence-electron chi connectivity index (χ2n) is 7.46. The van der Waals surface area contributed by atoms with Crippen LogP contribution in [-0.4, -0.2) is 31.5 Å². The van der Waals surface area contributed by atoms with Gasteiger partial charge in [0, 0.05) is 24.6 Å². The van der Waals surface area contributed by atoms with Crippen LogP contribution in [0.3, 0.4) is 0 Å². The first-order valence-electron chi connectivity index (χ1n) is 9.63. The number of aromatic nitrogens is 3. The number of benzene rings is 1. The lowest BCUT2D eigenvalue weighted by Gasteiger charge is -2.32. The molecule has 0 saturated heterocycles. The summed E-state index contributed by atoms with van der Waals surface area (Å²) in [5, 5.41) is 8.13. The van der Waals surface area contributed by atoms with Crippen LogP contribution in [0.15, 0.2) is 48.9 Å². The zero-order valence-corrected chi connectivity index (χ0v) is 16.7. The van der Waals surface area contributed by atoms with Crippen molar-refractivity contribution in [1.29, 1.82) is 0 Å². The number of anilines is 1. The van der Waals surface area contributed by atoms with E-state index in [0.29, 0.717) is 5.69 Å². The zero-order valence-electron chi connectivity index (χ0n) is 16.7. The molecule has 0 fully saturated rings. The molecule has 3 aromatic rings. The lowest BCUT2D eigenvalue weighted by molar-refractivity contribution is -0.129. The maximum Gasteiger partial charge on any atom is 0.226 e. The van der Waals surface area contributed by atoms with Gasteiger partial charge >= 0.3 is 0 Å². The lowest BCUT2D eigenvalue weighted by atomic mass is 9.93. The standard InChI is InChI=1S/C22H23N5O2/c1-14(2)27-22-17(12-24-27)10-18(13-23-22)25-21(29)11-20-19-7-5-4-6-16(19)8-9-26(20)15(3)28/h4-10,12-14,20H,11H2,1-3H3,(H,25,29)/t20-/m0/s1. The van der Waals surface area contributed by atoms with Crippen molar-refractivity contribution in [2.24, 2.45) is 0 Å². The van der Waals surface area contributed by atoms with E-state index in [2.05, 4.69) is 15.4 Å². The molecule has 7 heteroatoms. The zero-order chi connectivity index (χ0) is 20.5. The van der Waals surface area contributed by atoms with Gasteiger partial charge in [0.25, 0.3) is 0 Å². The monoisotopic (exact) mass is 389 g/mol. The predicted octanol–water partition coefficient (Wildman–Crippen LogP) is 3.91. The molecule has 7 nitrogen and oxygen atoms in total. The molecule has 1 aromatic carbocycles. The van der Waals surface area contributed by atoms with E-state index in [-0.39, 0.29) is 30.3 Å². The van der Waals surface area contributed by atoms with Crippen LogP contribution in [-0.2, 0) is 9.59 Å². The van der Waals surface area contributed by atoms with Gasteiger partial charge in [-0.1, -0.05) is 24.3 Å². The number of pyridine rings is 1. The Labute approximate surface area is 169 Å². The minimum absolute atomic E-state index is 0.0993. The smallest absolute Gasteiger partial charge is 0.226 e. The summed E-state index contributed by atoms with van der Waals surface area (Å²) in [6, 6.07) is 9.54. The van der Waals surface area contributed by atoms with E-state index in [1.807, 2.05) is 54.9 Å².